The fraction of sp³-hybridized carbons (Fsp3) is 0.0870. The van der Waals surface area contributed by atoms with E-state index >= 15 is 0 Å². The maximum Gasteiger partial charge on any atom is 0.418 e. The van der Waals surface area contributed by atoms with E-state index in [2.05, 4.69) is 20.9 Å². The van der Waals surface area contributed by atoms with Crippen LogP contribution in [0.4, 0.5) is 13.2 Å². The number of halogens is 4. The molecule has 0 N–H and O–H groups in total. The number of rotatable bonds is 3. The van der Waals surface area contributed by atoms with Gasteiger partial charge in [0.1, 0.15) is 0 Å². The molecule has 0 atom stereocenters. The van der Waals surface area contributed by atoms with Crippen LogP contribution in [0.3, 0.4) is 0 Å². The van der Waals surface area contributed by atoms with Crippen LogP contribution in [0.5, 0.6) is 0 Å². The van der Waals surface area contributed by atoms with Crippen LogP contribution in [-0.4, -0.2) is 19.7 Å². The van der Waals surface area contributed by atoms with Gasteiger partial charge in [0.2, 0.25) is 0 Å². The summed E-state index contributed by atoms with van der Waals surface area (Å²) in [4.78, 5) is 4.14. The summed E-state index contributed by atoms with van der Waals surface area (Å²) in [7, 11) is -3.44. The van der Waals surface area contributed by atoms with Crippen molar-refractivity contribution in [2.45, 2.75) is 11.1 Å². The Morgan fingerprint density at radius 1 is 0.871 bits per heavy atom. The topological polar surface area (TPSA) is 47.0 Å². The molecule has 0 saturated carbocycles. The first-order chi connectivity index (χ1) is 14.6. The molecule has 4 rings (SSSR count). The number of pyridine rings is 1. The Labute approximate surface area is 185 Å². The summed E-state index contributed by atoms with van der Waals surface area (Å²) in [6, 6.07) is 17.9. The van der Waals surface area contributed by atoms with Crippen LogP contribution in [0.25, 0.3) is 33.2 Å². The van der Waals surface area contributed by atoms with E-state index < -0.39 is 21.6 Å². The SMILES string of the molecule is CS(=O)(=O)c1cc(-c2cccc(-c3ccnc4c(C(F)(F)F)cccc34)c2)ccc1Br. The van der Waals surface area contributed by atoms with Crippen molar-refractivity contribution in [3.05, 3.63) is 83.0 Å². The number of aromatic nitrogens is 1. The van der Waals surface area contributed by atoms with E-state index in [0.29, 0.717) is 26.5 Å². The third-order valence-electron chi connectivity index (χ3n) is 4.91. The lowest BCUT2D eigenvalue weighted by molar-refractivity contribution is -0.136. The zero-order valence-electron chi connectivity index (χ0n) is 16.1. The molecule has 0 aliphatic heterocycles. The minimum absolute atomic E-state index is 0.110. The Hall–Kier alpha value is -2.71. The molecule has 158 valence electrons. The fourth-order valence-corrected chi connectivity index (χ4v) is 5.38. The Morgan fingerprint density at radius 3 is 2.26 bits per heavy atom. The van der Waals surface area contributed by atoms with Gasteiger partial charge in [0.25, 0.3) is 0 Å². The molecule has 3 aromatic carbocycles. The van der Waals surface area contributed by atoms with Crippen molar-refractivity contribution in [1.82, 2.24) is 4.98 Å². The highest BCUT2D eigenvalue weighted by Gasteiger charge is 2.33. The highest BCUT2D eigenvalue weighted by atomic mass is 79.9. The summed E-state index contributed by atoms with van der Waals surface area (Å²) in [6.07, 6.45) is -2.01. The van der Waals surface area contributed by atoms with Gasteiger partial charge in [-0.25, -0.2) is 8.42 Å². The van der Waals surface area contributed by atoms with Crippen molar-refractivity contribution in [2.75, 3.05) is 6.26 Å². The predicted octanol–water partition coefficient (Wildman–Crippen LogP) is 6.75. The molecule has 0 aliphatic carbocycles. The minimum Gasteiger partial charge on any atom is -0.256 e. The Bertz CT molecular complexity index is 1420. The Balaban J connectivity index is 1.88. The van der Waals surface area contributed by atoms with E-state index in [-0.39, 0.29) is 10.4 Å². The lowest BCUT2D eigenvalue weighted by atomic mass is 9.96. The molecule has 0 radical (unpaired) electrons. The molecule has 8 heteroatoms. The van der Waals surface area contributed by atoms with E-state index in [1.807, 2.05) is 12.1 Å². The minimum atomic E-state index is -4.51. The lowest BCUT2D eigenvalue weighted by Gasteiger charge is -2.13. The quantitative estimate of drug-likeness (QED) is 0.309. The zero-order chi connectivity index (χ0) is 22.4. The first-order valence-electron chi connectivity index (χ1n) is 9.11. The molecule has 0 aliphatic rings. The van der Waals surface area contributed by atoms with E-state index in [4.69, 9.17) is 0 Å². The number of alkyl halides is 3. The summed E-state index contributed by atoms with van der Waals surface area (Å²) in [5.74, 6) is 0. The van der Waals surface area contributed by atoms with Crippen LogP contribution >= 0.6 is 15.9 Å². The number of hydrogen-bond acceptors (Lipinski definition) is 3. The molecule has 0 amide bonds. The van der Waals surface area contributed by atoms with Crippen molar-refractivity contribution in [2.24, 2.45) is 0 Å². The highest BCUT2D eigenvalue weighted by Crippen LogP contribution is 2.38. The number of para-hydroxylation sites is 1. The summed E-state index contributed by atoms with van der Waals surface area (Å²) >= 11 is 3.26. The summed E-state index contributed by atoms with van der Waals surface area (Å²) < 4.78 is 64.8. The molecule has 0 unspecified atom stereocenters. The molecule has 0 bridgehead atoms. The fourth-order valence-electron chi connectivity index (χ4n) is 3.49. The second kappa shape index (κ2) is 7.76. The van der Waals surface area contributed by atoms with Gasteiger partial charge < -0.3 is 0 Å². The molecular weight excluding hydrogens is 491 g/mol. The van der Waals surface area contributed by atoms with Gasteiger partial charge in [-0.3, -0.25) is 4.98 Å². The molecule has 4 aromatic rings. The van der Waals surface area contributed by atoms with Crippen molar-refractivity contribution >= 4 is 36.7 Å². The number of nitrogens with zero attached hydrogens (tertiary/aromatic N) is 1. The van der Waals surface area contributed by atoms with Crippen molar-refractivity contribution in [1.29, 1.82) is 0 Å². The second-order valence-electron chi connectivity index (χ2n) is 7.06. The first-order valence-corrected chi connectivity index (χ1v) is 11.8. The molecule has 1 aromatic heterocycles. The second-order valence-corrected chi connectivity index (χ2v) is 9.89. The molecule has 0 saturated heterocycles. The molecule has 0 spiro atoms. The average Bonchev–Trinajstić information content (AvgIpc) is 2.72. The monoisotopic (exact) mass is 505 g/mol. The van der Waals surface area contributed by atoms with Gasteiger partial charge >= 0.3 is 6.18 Å². The average molecular weight is 506 g/mol. The summed E-state index contributed by atoms with van der Waals surface area (Å²) in [5.41, 5.74) is 1.84. The third-order valence-corrected chi connectivity index (χ3v) is 7.00. The van der Waals surface area contributed by atoms with Crippen molar-refractivity contribution in [3.8, 4) is 22.3 Å². The first kappa shape index (κ1) is 21.5. The van der Waals surface area contributed by atoms with Gasteiger partial charge in [-0.05, 0) is 68.5 Å². The number of benzene rings is 3. The summed E-state index contributed by atoms with van der Waals surface area (Å²) in [5, 5.41) is 0.391. The Kier molecular flexibility index (Phi) is 5.39. The van der Waals surface area contributed by atoms with Crippen molar-refractivity contribution < 1.29 is 21.6 Å². The number of fused-ring (bicyclic) bond motifs is 1. The molecular formula is C23H15BrF3NO2S. The smallest absolute Gasteiger partial charge is 0.256 e. The van der Waals surface area contributed by atoms with Gasteiger partial charge in [-0.2, -0.15) is 13.2 Å². The third kappa shape index (κ3) is 4.22. The maximum atomic E-state index is 13.4. The van der Waals surface area contributed by atoms with Crippen LogP contribution in [0.2, 0.25) is 0 Å². The number of sulfone groups is 1. The standard InChI is InChI=1S/C23H15BrF3NO2S/c1-31(29,30)21-13-15(8-9-20(21)24)14-4-2-5-16(12-14)17-10-11-28-22-18(17)6-3-7-19(22)23(25,26)27/h2-13H,1H3. The zero-order valence-corrected chi connectivity index (χ0v) is 18.5. The predicted molar refractivity (Wildman–Crippen MR) is 118 cm³/mol. The molecule has 31 heavy (non-hydrogen) atoms. The largest absolute Gasteiger partial charge is 0.418 e. The van der Waals surface area contributed by atoms with Crippen LogP contribution < -0.4 is 0 Å². The van der Waals surface area contributed by atoms with E-state index in [9.17, 15) is 21.6 Å². The molecule has 3 nitrogen and oxygen atoms in total. The number of hydrogen-bond donors (Lipinski definition) is 0. The molecule has 1 heterocycles. The normalized spacial score (nSPS) is 12.3. The van der Waals surface area contributed by atoms with Gasteiger partial charge in [0.05, 0.1) is 16.0 Å². The van der Waals surface area contributed by atoms with Crippen LogP contribution in [-0.2, 0) is 16.0 Å². The van der Waals surface area contributed by atoms with E-state index in [0.717, 1.165) is 17.9 Å². The Morgan fingerprint density at radius 2 is 1.55 bits per heavy atom. The van der Waals surface area contributed by atoms with Gasteiger partial charge in [-0.15, -0.1) is 0 Å². The van der Waals surface area contributed by atoms with Crippen LogP contribution in [0, 0.1) is 0 Å². The van der Waals surface area contributed by atoms with Crippen LogP contribution in [0.15, 0.2) is 82.3 Å². The highest BCUT2D eigenvalue weighted by molar-refractivity contribution is 9.10. The van der Waals surface area contributed by atoms with E-state index in [1.54, 1.807) is 42.5 Å². The van der Waals surface area contributed by atoms with Gasteiger partial charge in [0.15, 0.2) is 9.84 Å². The van der Waals surface area contributed by atoms with Gasteiger partial charge in [-0.1, -0.05) is 36.4 Å². The summed E-state index contributed by atoms with van der Waals surface area (Å²) in [6.45, 7) is 0. The van der Waals surface area contributed by atoms with Gasteiger partial charge in [0, 0.05) is 22.3 Å². The lowest BCUT2D eigenvalue weighted by Crippen LogP contribution is -2.06. The van der Waals surface area contributed by atoms with E-state index in [1.165, 1.54) is 12.3 Å². The maximum absolute atomic E-state index is 13.4. The molecule has 0 fully saturated rings. The van der Waals surface area contributed by atoms with Crippen LogP contribution in [0.1, 0.15) is 5.56 Å². The van der Waals surface area contributed by atoms with Crippen molar-refractivity contribution in [3.63, 3.8) is 0 Å².